The summed E-state index contributed by atoms with van der Waals surface area (Å²) in [7, 11) is -4.12. The summed E-state index contributed by atoms with van der Waals surface area (Å²) in [6, 6.07) is 13.7. The van der Waals surface area contributed by atoms with Crippen LogP contribution in [0.25, 0.3) is 0 Å². The van der Waals surface area contributed by atoms with Crippen LogP contribution >= 0.6 is 11.5 Å². The smallest absolute Gasteiger partial charge is 0.280 e. The Morgan fingerprint density at radius 1 is 1.02 bits per heavy atom. The number of likely N-dealkylation sites (tertiary alicyclic amines) is 1. The summed E-state index contributed by atoms with van der Waals surface area (Å²) >= 11 is 1.01. The van der Waals surface area contributed by atoms with Crippen LogP contribution in [0.3, 0.4) is 0 Å². The second-order valence-electron chi connectivity index (χ2n) is 9.67. The maximum absolute atomic E-state index is 14.0. The number of piperidine rings is 1. The lowest BCUT2D eigenvalue weighted by Gasteiger charge is -2.33. The summed E-state index contributed by atoms with van der Waals surface area (Å²) in [6.45, 7) is 4.23. The lowest BCUT2D eigenvalue weighted by atomic mass is 9.89. The molecule has 4 aromatic rings. The van der Waals surface area contributed by atoms with E-state index in [2.05, 4.69) is 19.4 Å². The zero-order valence-corrected chi connectivity index (χ0v) is 23.5. The average Bonchev–Trinajstić information content (AvgIpc) is 3.33. The maximum atomic E-state index is 14.0. The van der Waals surface area contributed by atoms with Gasteiger partial charge in [0.2, 0.25) is 0 Å². The van der Waals surface area contributed by atoms with Crippen molar-refractivity contribution in [1.29, 1.82) is 0 Å². The average molecular weight is 584 g/mol. The molecule has 2 aromatic heterocycles. The molecule has 208 valence electrons. The Balaban J connectivity index is 1.45. The van der Waals surface area contributed by atoms with Crippen molar-refractivity contribution < 1.29 is 22.0 Å². The van der Waals surface area contributed by atoms with Crippen LogP contribution in [0.15, 0.2) is 65.8 Å². The molecule has 8 nitrogen and oxygen atoms in total. The third kappa shape index (κ3) is 5.97. The number of carbonyl (C=O) groups is 1. The van der Waals surface area contributed by atoms with Crippen molar-refractivity contribution in [3.63, 3.8) is 0 Å². The van der Waals surface area contributed by atoms with Gasteiger partial charge in [-0.1, -0.05) is 18.2 Å². The Morgan fingerprint density at radius 3 is 2.40 bits per heavy atom. The predicted octanol–water partition coefficient (Wildman–Crippen LogP) is 6.00. The lowest BCUT2D eigenvalue weighted by Crippen LogP contribution is -2.38. The number of anilines is 3. The molecule has 0 unspecified atom stereocenters. The number of hydrogen-bond acceptors (Lipinski definition) is 7. The van der Waals surface area contributed by atoms with Crippen LogP contribution in [0.5, 0.6) is 0 Å². The van der Waals surface area contributed by atoms with E-state index < -0.39 is 15.8 Å². The number of amides is 1. The minimum atomic E-state index is -4.12. The van der Waals surface area contributed by atoms with Crippen LogP contribution in [0.2, 0.25) is 0 Å². The number of pyridine rings is 1. The van der Waals surface area contributed by atoms with E-state index in [1.807, 2.05) is 0 Å². The fourth-order valence-electron chi connectivity index (χ4n) is 4.81. The molecule has 40 heavy (non-hydrogen) atoms. The summed E-state index contributed by atoms with van der Waals surface area (Å²) in [5.74, 6) is -0.895. The minimum absolute atomic E-state index is 0.176. The third-order valence-electron chi connectivity index (χ3n) is 6.84. The topological polar surface area (TPSA) is 104 Å². The van der Waals surface area contributed by atoms with E-state index >= 15 is 0 Å². The van der Waals surface area contributed by atoms with E-state index in [-0.39, 0.29) is 39.5 Å². The van der Waals surface area contributed by atoms with E-state index in [0.29, 0.717) is 42.3 Å². The van der Waals surface area contributed by atoms with Crippen molar-refractivity contribution in [3.8, 4) is 0 Å². The second kappa shape index (κ2) is 11.3. The Hall–Kier alpha value is -3.90. The lowest BCUT2D eigenvalue weighted by molar-refractivity contribution is 0.0713. The molecule has 5 rings (SSSR count). The SMILES string of the molecule is Cc1cc(NS(=O)(=O)c2ncc(C(=O)N3CCC(c4ccc(F)cc4)CC3)c(Nc3cccc(F)c3)c2C)sn1. The first-order chi connectivity index (χ1) is 19.1. The number of aromatic nitrogens is 2. The Bertz CT molecular complexity index is 1650. The maximum Gasteiger partial charge on any atom is 0.280 e. The molecular formula is C28H27F2N5O3S2. The predicted molar refractivity (Wildman–Crippen MR) is 151 cm³/mol. The summed E-state index contributed by atoms with van der Waals surface area (Å²) in [6.07, 6.45) is 2.64. The molecule has 0 spiro atoms. The van der Waals surface area contributed by atoms with Gasteiger partial charge >= 0.3 is 0 Å². The van der Waals surface area contributed by atoms with Gasteiger partial charge in [0.15, 0.2) is 5.03 Å². The molecule has 1 aliphatic heterocycles. The Morgan fingerprint density at radius 2 is 1.75 bits per heavy atom. The zero-order chi connectivity index (χ0) is 28.4. The first-order valence-electron chi connectivity index (χ1n) is 12.6. The fourth-order valence-corrected chi connectivity index (χ4v) is 6.93. The molecule has 1 saturated heterocycles. The molecule has 0 aliphatic carbocycles. The molecule has 2 aromatic carbocycles. The van der Waals surface area contributed by atoms with Gasteiger partial charge in [-0.15, -0.1) is 0 Å². The summed E-state index contributed by atoms with van der Waals surface area (Å²) < 4.78 is 60.4. The zero-order valence-electron chi connectivity index (χ0n) is 21.8. The van der Waals surface area contributed by atoms with Gasteiger partial charge in [0, 0.05) is 30.5 Å². The number of carbonyl (C=O) groups excluding carboxylic acids is 1. The monoisotopic (exact) mass is 583 g/mol. The number of halogens is 2. The van der Waals surface area contributed by atoms with Crippen molar-refractivity contribution in [3.05, 3.63) is 94.8 Å². The largest absolute Gasteiger partial charge is 0.354 e. The van der Waals surface area contributed by atoms with Crippen LogP contribution < -0.4 is 10.0 Å². The molecule has 0 bridgehead atoms. The highest BCUT2D eigenvalue weighted by molar-refractivity contribution is 7.92. The van der Waals surface area contributed by atoms with E-state index in [4.69, 9.17) is 0 Å². The number of aryl methyl sites for hydroxylation is 1. The number of nitrogens with zero attached hydrogens (tertiary/aromatic N) is 3. The van der Waals surface area contributed by atoms with Gasteiger partial charge in [-0.2, -0.15) is 12.8 Å². The van der Waals surface area contributed by atoms with Crippen LogP contribution in [-0.2, 0) is 10.0 Å². The molecular weight excluding hydrogens is 556 g/mol. The molecule has 2 N–H and O–H groups in total. The number of sulfonamides is 1. The van der Waals surface area contributed by atoms with E-state index in [0.717, 1.165) is 17.1 Å². The van der Waals surface area contributed by atoms with Gasteiger partial charge in [-0.25, -0.2) is 13.8 Å². The standard InChI is InChI=1S/C28H27F2N5O3S2/c1-17-14-25(39-33-17)34-40(37,38)27-18(2)26(32-23-5-3-4-22(30)15-23)24(16-31-27)28(36)35-12-10-20(11-13-35)19-6-8-21(29)9-7-19/h3-9,14-16,20,34H,10-13H2,1-2H3,(H,31,32). The third-order valence-corrected chi connectivity index (χ3v) is 9.18. The highest BCUT2D eigenvalue weighted by Gasteiger charge is 2.30. The molecule has 1 fully saturated rings. The van der Waals surface area contributed by atoms with E-state index in [1.165, 1.54) is 36.5 Å². The van der Waals surface area contributed by atoms with E-state index in [9.17, 15) is 22.0 Å². The highest BCUT2D eigenvalue weighted by atomic mass is 32.2. The first kappa shape index (κ1) is 27.7. The van der Waals surface area contributed by atoms with Crippen molar-refractivity contribution in [2.45, 2.75) is 37.6 Å². The summed E-state index contributed by atoms with van der Waals surface area (Å²) in [4.78, 5) is 19.6. The van der Waals surface area contributed by atoms with Crippen molar-refractivity contribution >= 4 is 43.8 Å². The highest BCUT2D eigenvalue weighted by Crippen LogP contribution is 2.33. The molecule has 0 radical (unpaired) electrons. The first-order valence-corrected chi connectivity index (χ1v) is 14.9. The number of hydrogen-bond donors (Lipinski definition) is 2. The quantitative estimate of drug-likeness (QED) is 0.277. The van der Waals surface area contributed by atoms with Crippen molar-refractivity contribution in [1.82, 2.24) is 14.3 Å². The number of benzene rings is 2. The van der Waals surface area contributed by atoms with Crippen LogP contribution in [0, 0.1) is 25.5 Å². The fraction of sp³-hybridized carbons (Fsp3) is 0.250. The van der Waals surface area contributed by atoms with Gasteiger partial charge in [0.05, 0.1) is 16.9 Å². The van der Waals surface area contributed by atoms with Gasteiger partial charge in [0.1, 0.15) is 16.6 Å². The van der Waals surface area contributed by atoms with Crippen LogP contribution in [-0.4, -0.2) is 41.7 Å². The Kier molecular flexibility index (Phi) is 7.81. The minimum Gasteiger partial charge on any atom is -0.354 e. The number of rotatable bonds is 7. The summed E-state index contributed by atoms with van der Waals surface area (Å²) in [5, 5.41) is 3.13. The van der Waals surface area contributed by atoms with Gasteiger partial charge < -0.3 is 10.2 Å². The molecule has 0 atom stereocenters. The molecule has 1 amide bonds. The Labute approximate surface area is 235 Å². The molecule has 1 aliphatic rings. The van der Waals surface area contributed by atoms with Crippen molar-refractivity contribution in [2.75, 3.05) is 23.1 Å². The second-order valence-corrected chi connectivity index (χ2v) is 12.1. The summed E-state index contributed by atoms with van der Waals surface area (Å²) in [5.41, 5.74) is 2.67. The van der Waals surface area contributed by atoms with Crippen LogP contribution in [0.4, 0.5) is 25.2 Å². The van der Waals surface area contributed by atoms with Crippen LogP contribution in [0.1, 0.15) is 45.9 Å². The molecule has 3 heterocycles. The number of nitrogens with one attached hydrogen (secondary N) is 2. The van der Waals surface area contributed by atoms with Gasteiger partial charge in [0.25, 0.3) is 15.9 Å². The van der Waals surface area contributed by atoms with Gasteiger partial charge in [-0.3, -0.25) is 9.52 Å². The van der Waals surface area contributed by atoms with Gasteiger partial charge in [-0.05, 0) is 86.1 Å². The molecule has 0 saturated carbocycles. The van der Waals surface area contributed by atoms with Crippen molar-refractivity contribution in [2.24, 2.45) is 0 Å². The molecule has 12 heteroatoms. The van der Waals surface area contributed by atoms with E-state index in [1.54, 1.807) is 43.0 Å². The normalized spacial score (nSPS) is 14.2.